The second-order valence-corrected chi connectivity index (χ2v) is 7.39. The molecule has 0 saturated heterocycles. The average Bonchev–Trinajstić information content (AvgIpc) is 2.78. The highest BCUT2D eigenvalue weighted by Gasteiger charge is 2.14. The number of pyridine rings is 2. The van der Waals surface area contributed by atoms with Crippen molar-refractivity contribution in [3.05, 3.63) is 91.3 Å². The lowest BCUT2D eigenvalue weighted by Gasteiger charge is -2.15. The quantitative estimate of drug-likeness (QED) is 0.411. The number of aromatic amines is 2. The Kier molecular flexibility index (Phi) is 5.87. The lowest BCUT2D eigenvalue weighted by molar-refractivity contribution is 0.302. The molecule has 32 heavy (non-hydrogen) atoms. The number of hydrogen-bond acceptors (Lipinski definition) is 7. The zero-order valence-electron chi connectivity index (χ0n) is 16.8. The van der Waals surface area contributed by atoms with Gasteiger partial charge in [-0.25, -0.2) is 4.98 Å². The number of fused-ring (bicyclic) bond motifs is 1. The number of ether oxygens (including phenoxy) is 1. The number of anilines is 1. The van der Waals surface area contributed by atoms with Crippen molar-refractivity contribution >= 4 is 28.5 Å². The van der Waals surface area contributed by atoms with E-state index in [1.54, 1.807) is 37.4 Å². The highest BCUT2D eigenvalue weighted by atomic mass is 35.5. The van der Waals surface area contributed by atoms with Gasteiger partial charge in [-0.3, -0.25) is 19.6 Å². The molecule has 0 fully saturated rings. The van der Waals surface area contributed by atoms with Crippen molar-refractivity contribution in [1.29, 1.82) is 5.26 Å². The van der Waals surface area contributed by atoms with Crippen molar-refractivity contribution in [2.24, 2.45) is 0 Å². The van der Waals surface area contributed by atoms with Gasteiger partial charge in [0.2, 0.25) is 5.95 Å². The van der Waals surface area contributed by atoms with Crippen molar-refractivity contribution in [2.45, 2.75) is 19.6 Å². The van der Waals surface area contributed by atoms with Crippen LogP contribution in [0.4, 0.5) is 5.95 Å². The monoisotopic (exact) mass is 448 g/mol. The normalized spacial score (nSPS) is 11.7. The molecule has 0 saturated carbocycles. The molecular weight excluding hydrogens is 432 g/mol. The maximum Gasteiger partial charge on any atom is 0.270 e. The van der Waals surface area contributed by atoms with Gasteiger partial charge in [0.05, 0.1) is 28.5 Å². The van der Waals surface area contributed by atoms with Crippen LogP contribution in [0.1, 0.15) is 29.8 Å². The molecule has 3 aromatic heterocycles. The smallest absolute Gasteiger partial charge is 0.270 e. The molecule has 0 amide bonds. The summed E-state index contributed by atoms with van der Waals surface area (Å²) in [7, 11) is 0. The van der Waals surface area contributed by atoms with Crippen LogP contribution in [-0.2, 0) is 6.61 Å². The van der Waals surface area contributed by atoms with Crippen molar-refractivity contribution in [1.82, 2.24) is 19.9 Å². The van der Waals surface area contributed by atoms with Crippen molar-refractivity contribution in [3.8, 4) is 11.8 Å². The summed E-state index contributed by atoms with van der Waals surface area (Å²) >= 11 is 6.39. The minimum Gasteiger partial charge on any atom is -0.486 e. The second kappa shape index (κ2) is 8.91. The standard InChI is InChI=1S/C22H17ClN6O3/c1-12(27-22-26-10-14(9-24)20(30)29-22)16-6-13-7-17(23)19(8-18(13)28-21(16)31)32-11-15-4-2-3-5-25-15/h2-8,10,12H,11H2,1H3,(H,28,31)(H2,26,27,29,30). The first-order chi connectivity index (χ1) is 15.4. The molecule has 0 aliphatic rings. The zero-order valence-corrected chi connectivity index (χ0v) is 17.6. The molecule has 0 aliphatic heterocycles. The predicted molar refractivity (Wildman–Crippen MR) is 120 cm³/mol. The lowest BCUT2D eigenvalue weighted by atomic mass is 10.1. The Morgan fingerprint density at radius 1 is 1.19 bits per heavy atom. The molecule has 160 valence electrons. The summed E-state index contributed by atoms with van der Waals surface area (Å²) in [5, 5.41) is 12.9. The van der Waals surface area contributed by atoms with E-state index in [2.05, 4.69) is 25.3 Å². The first kappa shape index (κ1) is 21.1. The van der Waals surface area contributed by atoms with Gasteiger partial charge in [0.15, 0.2) is 0 Å². The maximum absolute atomic E-state index is 12.7. The van der Waals surface area contributed by atoms with Gasteiger partial charge < -0.3 is 15.0 Å². The van der Waals surface area contributed by atoms with E-state index in [4.69, 9.17) is 21.6 Å². The molecule has 3 N–H and O–H groups in total. The minimum atomic E-state index is -0.561. The van der Waals surface area contributed by atoms with E-state index in [0.717, 1.165) is 5.69 Å². The molecule has 4 aromatic rings. The molecule has 0 bridgehead atoms. The molecule has 1 atom stereocenters. The summed E-state index contributed by atoms with van der Waals surface area (Å²) < 4.78 is 5.76. The highest BCUT2D eigenvalue weighted by molar-refractivity contribution is 6.32. The minimum absolute atomic E-state index is 0.0949. The van der Waals surface area contributed by atoms with E-state index in [9.17, 15) is 9.59 Å². The van der Waals surface area contributed by atoms with Crippen LogP contribution in [0.5, 0.6) is 5.75 Å². The van der Waals surface area contributed by atoms with Crippen LogP contribution in [0.25, 0.3) is 10.9 Å². The molecule has 9 nitrogen and oxygen atoms in total. The van der Waals surface area contributed by atoms with Gasteiger partial charge in [-0.05, 0) is 31.2 Å². The number of nitriles is 1. The third-order valence-corrected chi connectivity index (χ3v) is 5.06. The molecule has 1 unspecified atom stereocenters. The van der Waals surface area contributed by atoms with Gasteiger partial charge in [-0.1, -0.05) is 17.7 Å². The molecule has 0 radical (unpaired) electrons. The molecule has 10 heteroatoms. The average molecular weight is 449 g/mol. The van der Waals surface area contributed by atoms with Crippen LogP contribution in [-0.4, -0.2) is 19.9 Å². The number of nitrogens with one attached hydrogen (secondary N) is 3. The van der Waals surface area contributed by atoms with Crippen molar-refractivity contribution < 1.29 is 4.74 Å². The number of halogens is 1. The van der Waals surface area contributed by atoms with Crippen LogP contribution >= 0.6 is 11.6 Å². The largest absolute Gasteiger partial charge is 0.486 e. The summed E-state index contributed by atoms with van der Waals surface area (Å²) in [6.07, 6.45) is 2.85. The predicted octanol–water partition coefficient (Wildman–Crippen LogP) is 3.28. The molecule has 1 aromatic carbocycles. The lowest BCUT2D eigenvalue weighted by Crippen LogP contribution is -2.22. The van der Waals surface area contributed by atoms with Gasteiger partial charge in [0.1, 0.15) is 24.0 Å². The first-order valence-electron chi connectivity index (χ1n) is 9.59. The Morgan fingerprint density at radius 2 is 2.03 bits per heavy atom. The Balaban J connectivity index is 1.59. The maximum atomic E-state index is 12.7. The van der Waals surface area contributed by atoms with Crippen LogP contribution in [0.15, 0.2) is 58.4 Å². The summed E-state index contributed by atoms with van der Waals surface area (Å²) in [6.45, 7) is 1.99. The summed E-state index contributed by atoms with van der Waals surface area (Å²) in [5.74, 6) is 0.580. The highest BCUT2D eigenvalue weighted by Crippen LogP contribution is 2.30. The number of rotatable bonds is 6. The van der Waals surface area contributed by atoms with Gasteiger partial charge in [0.25, 0.3) is 11.1 Å². The molecule has 4 rings (SSSR count). The zero-order chi connectivity index (χ0) is 22.7. The molecule has 3 heterocycles. The topological polar surface area (TPSA) is 137 Å². The number of nitrogens with zero attached hydrogens (tertiary/aromatic N) is 3. The fourth-order valence-corrected chi connectivity index (χ4v) is 3.35. The Morgan fingerprint density at radius 3 is 2.75 bits per heavy atom. The number of aromatic nitrogens is 4. The van der Waals surface area contributed by atoms with E-state index in [0.29, 0.717) is 27.2 Å². The van der Waals surface area contributed by atoms with Gasteiger partial charge >= 0.3 is 0 Å². The third-order valence-electron chi connectivity index (χ3n) is 4.77. The van der Waals surface area contributed by atoms with Crippen molar-refractivity contribution in [2.75, 3.05) is 5.32 Å². The number of hydrogen-bond donors (Lipinski definition) is 3. The summed E-state index contributed by atoms with van der Waals surface area (Å²) in [6, 6.07) is 11.9. The fourth-order valence-electron chi connectivity index (χ4n) is 3.12. The Hall–Kier alpha value is -4.16. The van der Waals surface area contributed by atoms with Crippen LogP contribution in [0.2, 0.25) is 5.02 Å². The fraction of sp³-hybridized carbons (Fsp3) is 0.136. The van der Waals surface area contributed by atoms with Gasteiger partial charge in [0, 0.05) is 23.2 Å². The van der Waals surface area contributed by atoms with Crippen molar-refractivity contribution in [3.63, 3.8) is 0 Å². The summed E-state index contributed by atoms with van der Waals surface area (Å²) in [5.41, 5.74) is 0.768. The Labute approximate surface area is 186 Å². The Bertz CT molecular complexity index is 1440. The van der Waals surface area contributed by atoms with E-state index >= 15 is 0 Å². The second-order valence-electron chi connectivity index (χ2n) is 6.99. The summed E-state index contributed by atoms with van der Waals surface area (Å²) in [4.78, 5) is 38.0. The van der Waals surface area contributed by atoms with E-state index in [1.807, 2.05) is 18.2 Å². The SMILES string of the molecule is CC(Nc1ncc(C#N)c(=O)[nH]1)c1cc2cc(Cl)c(OCc3ccccn3)cc2[nH]c1=O. The van der Waals surface area contributed by atoms with Crippen LogP contribution < -0.4 is 21.2 Å². The number of H-pyrrole nitrogens is 2. The van der Waals surface area contributed by atoms with Crippen LogP contribution in [0.3, 0.4) is 0 Å². The van der Waals surface area contributed by atoms with Gasteiger partial charge in [-0.2, -0.15) is 5.26 Å². The molecular formula is C22H17ClN6O3. The molecule has 0 spiro atoms. The van der Waals surface area contributed by atoms with Crippen LogP contribution in [0, 0.1) is 11.3 Å². The van der Waals surface area contributed by atoms with E-state index in [1.165, 1.54) is 6.20 Å². The van der Waals surface area contributed by atoms with E-state index in [-0.39, 0.29) is 23.7 Å². The number of benzene rings is 1. The molecule has 0 aliphatic carbocycles. The third kappa shape index (κ3) is 4.45. The van der Waals surface area contributed by atoms with Gasteiger partial charge in [-0.15, -0.1) is 0 Å². The van der Waals surface area contributed by atoms with E-state index < -0.39 is 11.6 Å². The first-order valence-corrected chi connectivity index (χ1v) is 9.97.